The summed E-state index contributed by atoms with van der Waals surface area (Å²) in [7, 11) is 2.61. The van der Waals surface area contributed by atoms with Crippen molar-refractivity contribution < 1.29 is 23.8 Å². The SMILES string of the molecule is COc1c(Cl)cc(C(C)(C)CC(=O)O)c(OC)c1F. The van der Waals surface area contributed by atoms with Crippen molar-refractivity contribution in [3.63, 3.8) is 0 Å². The number of carboxylic acid groups (broad SMARTS) is 1. The molecular weight excluding hydrogens is 275 g/mol. The van der Waals surface area contributed by atoms with E-state index in [9.17, 15) is 9.18 Å². The lowest BCUT2D eigenvalue weighted by atomic mass is 9.81. The maximum absolute atomic E-state index is 14.2. The number of hydrogen-bond acceptors (Lipinski definition) is 3. The maximum Gasteiger partial charge on any atom is 0.304 e. The average molecular weight is 291 g/mol. The van der Waals surface area contributed by atoms with Gasteiger partial charge in [-0.3, -0.25) is 4.79 Å². The second kappa shape index (κ2) is 5.65. The van der Waals surface area contributed by atoms with Crippen LogP contribution in [0.3, 0.4) is 0 Å². The summed E-state index contributed by atoms with van der Waals surface area (Å²) >= 11 is 5.94. The Bertz CT molecular complexity index is 500. The van der Waals surface area contributed by atoms with Crippen molar-refractivity contribution in [2.45, 2.75) is 25.7 Å². The predicted octanol–water partition coefficient (Wildman–Crippen LogP) is 3.25. The van der Waals surface area contributed by atoms with Gasteiger partial charge in [-0.1, -0.05) is 25.4 Å². The standard InChI is InChI=1S/C13H16ClFO4/c1-13(2,6-9(16)17)7-5-8(14)12(19-4)10(15)11(7)18-3/h5H,6H2,1-4H3,(H,16,17). The van der Waals surface area contributed by atoms with E-state index in [1.807, 2.05) is 0 Å². The zero-order valence-electron chi connectivity index (χ0n) is 11.2. The molecule has 1 aromatic rings. The quantitative estimate of drug-likeness (QED) is 0.904. The highest BCUT2D eigenvalue weighted by atomic mass is 35.5. The first-order valence-electron chi connectivity index (χ1n) is 5.56. The molecule has 106 valence electrons. The normalized spacial score (nSPS) is 11.3. The van der Waals surface area contributed by atoms with Crippen LogP contribution in [-0.2, 0) is 10.2 Å². The predicted molar refractivity (Wildman–Crippen MR) is 69.8 cm³/mol. The summed E-state index contributed by atoms with van der Waals surface area (Å²) in [6.07, 6.45) is -0.175. The first-order valence-corrected chi connectivity index (χ1v) is 5.94. The largest absolute Gasteiger partial charge is 0.493 e. The van der Waals surface area contributed by atoms with Crippen molar-refractivity contribution in [3.05, 3.63) is 22.5 Å². The Kier molecular flexibility index (Phi) is 4.63. The van der Waals surface area contributed by atoms with Crippen LogP contribution in [0.4, 0.5) is 4.39 Å². The van der Waals surface area contributed by atoms with Crippen LogP contribution in [0.25, 0.3) is 0 Å². The summed E-state index contributed by atoms with van der Waals surface area (Å²) in [5.74, 6) is -1.88. The molecule has 0 saturated heterocycles. The molecule has 1 N–H and O–H groups in total. The molecule has 0 aliphatic rings. The van der Waals surface area contributed by atoms with Crippen LogP contribution < -0.4 is 9.47 Å². The topological polar surface area (TPSA) is 55.8 Å². The lowest BCUT2D eigenvalue weighted by molar-refractivity contribution is -0.138. The summed E-state index contributed by atoms with van der Waals surface area (Å²) in [5.41, 5.74) is -0.436. The van der Waals surface area contributed by atoms with Crippen LogP contribution in [-0.4, -0.2) is 25.3 Å². The number of carboxylic acids is 1. The minimum absolute atomic E-state index is 0.0486. The van der Waals surface area contributed by atoms with E-state index >= 15 is 0 Å². The van der Waals surface area contributed by atoms with E-state index in [2.05, 4.69) is 0 Å². The van der Waals surface area contributed by atoms with Gasteiger partial charge in [-0.2, -0.15) is 4.39 Å². The van der Waals surface area contributed by atoms with Gasteiger partial charge in [0.15, 0.2) is 11.5 Å². The van der Waals surface area contributed by atoms with Gasteiger partial charge in [0.2, 0.25) is 5.82 Å². The molecule has 1 aromatic carbocycles. The average Bonchev–Trinajstić information content (AvgIpc) is 2.27. The Labute approximate surface area is 116 Å². The second-order valence-electron chi connectivity index (χ2n) is 4.74. The Balaban J connectivity index is 3.47. The van der Waals surface area contributed by atoms with Crippen LogP contribution in [0.15, 0.2) is 6.07 Å². The van der Waals surface area contributed by atoms with E-state index in [1.165, 1.54) is 20.3 Å². The fourth-order valence-corrected chi connectivity index (χ4v) is 2.22. The number of rotatable bonds is 5. The first kappa shape index (κ1) is 15.6. The lowest BCUT2D eigenvalue weighted by Crippen LogP contribution is -2.23. The van der Waals surface area contributed by atoms with Gasteiger partial charge in [-0.15, -0.1) is 0 Å². The van der Waals surface area contributed by atoms with Gasteiger partial charge >= 0.3 is 5.97 Å². The van der Waals surface area contributed by atoms with Gasteiger partial charge in [0, 0.05) is 11.0 Å². The highest BCUT2D eigenvalue weighted by Gasteiger charge is 2.31. The third kappa shape index (κ3) is 3.10. The molecule has 0 heterocycles. The number of ether oxygens (including phenoxy) is 2. The van der Waals surface area contributed by atoms with Crippen molar-refractivity contribution in [1.82, 2.24) is 0 Å². The third-order valence-corrected chi connectivity index (χ3v) is 3.14. The molecule has 0 atom stereocenters. The van der Waals surface area contributed by atoms with Crippen molar-refractivity contribution in [1.29, 1.82) is 0 Å². The van der Waals surface area contributed by atoms with Crippen LogP contribution >= 0.6 is 11.6 Å². The number of carbonyl (C=O) groups is 1. The number of hydrogen-bond donors (Lipinski definition) is 1. The molecule has 0 aliphatic carbocycles. The highest BCUT2D eigenvalue weighted by molar-refractivity contribution is 6.32. The first-order chi connectivity index (χ1) is 8.74. The van der Waals surface area contributed by atoms with E-state index in [0.717, 1.165) is 0 Å². The zero-order valence-corrected chi connectivity index (χ0v) is 12.0. The summed E-state index contributed by atoms with van der Waals surface area (Å²) in [5, 5.41) is 9.00. The van der Waals surface area contributed by atoms with Crippen molar-refractivity contribution >= 4 is 17.6 Å². The van der Waals surface area contributed by atoms with Crippen molar-refractivity contribution in [2.24, 2.45) is 0 Å². The molecule has 0 aliphatic heterocycles. The molecule has 19 heavy (non-hydrogen) atoms. The molecule has 0 saturated carbocycles. The smallest absolute Gasteiger partial charge is 0.304 e. The lowest BCUT2D eigenvalue weighted by Gasteiger charge is -2.26. The molecule has 0 unspecified atom stereocenters. The van der Waals surface area contributed by atoms with E-state index in [4.69, 9.17) is 26.2 Å². The number of methoxy groups -OCH3 is 2. The van der Waals surface area contributed by atoms with E-state index < -0.39 is 17.2 Å². The van der Waals surface area contributed by atoms with Crippen LogP contribution in [0.5, 0.6) is 11.5 Å². The molecule has 1 rings (SSSR count). The fraction of sp³-hybridized carbons (Fsp3) is 0.462. The van der Waals surface area contributed by atoms with E-state index in [0.29, 0.717) is 5.56 Å². The Morgan fingerprint density at radius 2 is 1.89 bits per heavy atom. The molecule has 0 bridgehead atoms. The number of halogens is 2. The Morgan fingerprint density at radius 3 is 2.32 bits per heavy atom. The molecular formula is C13H16ClFO4. The van der Waals surface area contributed by atoms with Gasteiger partial charge < -0.3 is 14.6 Å². The van der Waals surface area contributed by atoms with Crippen molar-refractivity contribution in [3.8, 4) is 11.5 Å². The minimum atomic E-state index is -0.987. The van der Waals surface area contributed by atoms with Crippen LogP contribution in [0.1, 0.15) is 25.8 Å². The molecule has 0 amide bonds. The van der Waals surface area contributed by atoms with Crippen LogP contribution in [0.2, 0.25) is 5.02 Å². The molecule has 0 fully saturated rings. The number of aliphatic carboxylic acids is 1. The van der Waals surface area contributed by atoms with Gasteiger partial charge in [-0.25, -0.2) is 0 Å². The Hall–Kier alpha value is -1.49. The number of benzene rings is 1. The summed E-state index contributed by atoms with van der Waals surface area (Å²) in [6, 6.07) is 1.48. The summed E-state index contributed by atoms with van der Waals surface area (Å²) in [6.45, 7) is 3.36. The summed E-state index contributed by atoms with van der Waals surface area (Å²) in [4.78, 5) is 10.9. The van der Waals surface area contributed by atoms with Gasteiger partial charge in [0.05, 0.1) is 25.7 Å². The molecule has 0 spiro atoms. The zero-order chi connectivity index (χ0) is 14.8. The van der Waals surface area contributed by atoms with E-state index in [1.54, 1.807) is 13.8 Å². The van der Waals surface area contributed by atoms with Crippen LogP contribution in [0, 0.1) is 5.82 Å². The fourth-order valence-electron chi connectivity index (χ4n) is 1.95. The van der Waals surface area contributed by atoms with Crippen molar-refractivity contribution in [2.75, 3.05) is 14.2 Å². The molecule has 0 aromatic heterocycles. The Morgan fingerprint density at radius 1 is 1.37 bits per heavy atom. The third-order valence-electron chi connectivity index (χ3n) is 2.86. The molecule has 0 radical (unpaired) electrons. The second-order valence-corrected chi connectivity index (χ2v) is 5.15. The monoisotopic (exact) mass is 290 g/mol. The van der Waals surface area contributed by atoms with E-state index in [-0.39, 0.29) is 22.9 Å². The van der Waals surface area contributed by atoms with Gasteiger partial charge in [0.1, 0.15) is 0 Å². The van der Waals surface area contributed by atoms with Gasteiger partial charge in [-0.05, 0) is 6.07 Å². The summed E-state index contributed by atoms with van der Waals surface area (Å²) < 4.78 is 24.1. The highest BCUT2D eigenvalue weighted by Crippen LogP contribution is 2.43. The van der Waals surface area contributed by atoms with Gasteiger partial charge in [0.25, 0.3) is 0 Å². The maximum atomic E-state index is 14.2. The molecule has 6 heteroatoms. The minimum Gasteiger partial charge on any atom is -0.493 e. The molecule has 4 nitrogen and oxygen atoms in total.